The fraction of sp³-hybridized carbons (Fsp3) is 0.286. The van der Waals surface area contributed by atoms with E-state index < -0.39 is 0 Å². The minimum Gasteiger partial charge on any atom is -0.497 e. The molecule has 130 valence electrons. The van der Waals surface area contributed by atoms with Crippen LogP contribution in [0.5, 0.6) is 5.75 Å². The number of anilines is 2. The first-order valence-electron chi connectivity index (χ1n) is 8.59. The molecule has 0 aliphatic carbocycles. The zero-order chi connectivity index (χ0) is 17.8. The van der Waals surface area contributed by atoms with Gasteiger partial charge in [0, 0.05) is 16.1 Å². The molecule has 3 rings (SSSR count). The average Bonchev–Trinajstić information content (AvgIpc) is 3.01. The molecule has 0 unspecified atom stereocenters. The lowest BCUT2D eigenvalue weighted by molar-refractivity contribution is 0.415. The van der Waals surface area contributed by atoms with Crippen LogP contribution in [0.3, 0.4) is 0 Å². The molecule has 0 saturated heterocycles. The van der Waals surface area contributed by atoms with Crippen molar-refractivity contribution < 1.29 is 4.74 Å². The number of hydrogen-bond donors (Lipinski definition) is 1. The van der Waals surface area contributed by atoms with Crippen molar-refractivity contribution in [3.8, 4) is 17.0 Å². The van der Waals surface area contributed by atoms with Crippen LogP contribution in [0.4, 0.5) is 10.8 Å². The molecule has 0 amide bonds. The highest BCUT2D eigenvalue weighted by molar-refractivity contribution is 7.16. The van der Waals surface area contributed by atoms with Gasteiger partial charge >= 0.3 is 0 Å². The van der Waals surface area contributed by atoms with Crippen LogP contribution in [0.15, 0.2) is 42.5 Å². The number of hydrogen-bond acceptors (Lipinski definition) is 4. The van der Waals surface area contributed by atoms with Gasteiger partial charge in [-0.2, -0.15) is 0 Å². The standard InChI is InChI=1S/C21H24N2OS/c1-5-6-19-20(16-8-7-14(2)15(3)13-16)23-21(25-19)22-17-9-11-18(24-4)12-10-17/h7-13H,5-6H2,1-4H3,(H,22,23). The molecular formula is C21H24N2OS. The van der Waals surface area contributed by atoms with E-state index in [1.54, 1.807) is 18.4 Å². The molecule has 1 heterocycles. The zero-order valence-electron chi connectivity index (χ0n) is 15.2. The van der Waals surface area contributed by atoms with Crippen LogP contribution in [-0.4, -0.2) is 12.1 Å². The maximum atomic E-state index is 5.21. The quantitative estimate of drug-likeness (QED) is 0.579. The Labute approximate surface area is 153 Å². The van der Waals surface area contributed by atoms with Crippen molar-refractivity contribution in [2.45, 2.75) is 33.6 Å². The van der Waals surface area contributed by atoms with Gasteiger partial charge in [0.05, 0.1) is 12.8 Å². The van der Waals surface area contributed by atoms with Crippen molar-refractivity contribution in [2.24, 2.45) is 0 Å². The number of thiazole rings is 1. The molecule has 0 bridgehead atoms. The van der Waals surface area contributed by atoms with Crippen molar-refractivity contribution in [1.82, 2.24) is 4.98 Å². The number of ether oxygens (including phenoxy) is 1. The topological polar surface area (TPSA) is 34.1 Å². The minimum atomic E-state index is 0.854. The van der Waals surface area contributed by atoms with E-state index in [-0.39, 0.29) is 0 Å². The summed E-state index contributed by atoms with van der Waals surface area (Å²) in [5, 5.41) is 4.35. The Bertz CT molecular complexity index is 853. The number of aryl methyl sites for hydroxylation is 3. The largest absolute Gasteiger partial charge is 0.497 e. The third-order valence-corrected chi connectivity index (χ3v) is 5.33. The molecule has 0 spiro atoms. The number of aromatic nitrogens is 1. The van der Waals surface area contributed by atoms with E-state index in [2.05, 4.69) is 44.3 Å². The maximum absolute atomic E-state index is 5.21. The van der Waals surface area contributed by atoms with Gasteiger partial charge in [0.1, 0.15) is 5.75 Å². The van der Waals surface area contributed by atoms with Gasteiger partial charge < -0.3 is 10.1 Å². The number of nitrogens with one attached hydrogen (secondary N) is 1. The Morgan fingerprint density at radius 1 is 1.04 bits per heavy atom. The van der Waals surface area contributed by atoms with E-state index in [1.165, 1.54) is 21.6 Å². The Kier molecular flexibility index (Phi) is 5.39. The summed E-state index contributed by atoms with van der Waals surface area (Å²) in [4.78, 5) is 6.22. The van der Waals surface area contributed by atoms with Crippen LogP contribution in [-0.2, 0) is 6.42 Å². The molecule has 1 N–H and O–H groups in total. The Hall–Kier alpha value is -2.33. The van der Waals surface area contributed by atoms with Gasteiger partial charge in [-0.25, -0.2) is 4.98 Å². The smallest absolute Gasteiger partial charge is 0.187 e. The van der Waals surface area contributed by atoms with Gasteiger partial charge in [0.2, 0.25) is 0 Å². The molecule has 0 saturated carbocycles. The summed E-state index contributed by atoms with van der Waals surface area (Å²) in [7, 11) is 1.68. The van der Waals surface area contributed by atoms with Crippen molar-refractivity contribution in [2.75, 3.05) is 12.4 Å². The fourth-order valence-electron chi connectivity index (χ4n) is 2.71. The van der Waals surface area contributed by atoms with Crippen LogP contribution < -0.4 is 10.1 Å². The highest BCUT2D eigenvalue weighted by Crippen LogP contribution is 2.34. The van der Waals surface area contributed by atoms with E-state index in [0.29, 0.717) is 0 Å². The molecule has 0 aliphatic heterocycles. The lowest BCUT2D eigenvalue weighted by Gasteiger charge is -2.05. The van der Waals surface area contributed by atoms with Crippen molar-refractivity contribution in [1.29, 1.82) is 0 Å². The summed E-state index contributed by atoms with van der Waals surface area (Å²) in [6.45, 7) is 6.51. The summed E-state index contributed by atoms with van der Waals surface area (Å²) in [6.07, 6.45) is 2.16. The summed E-state index contributed by atoms with van der Waals surface area (Å²) < 4.78 is 5.21. The Morgan fingerprint density at radius 3 is 2.44 bits per heavy atom. The van der Waals surface area contributed by atoms with Gasteiger partial charge in [-0.15, -0.1) is 11.3 Å². The molecule has 0 radical (unpaired) electrons. The van der Waals surface area contributed by atoms with E-state index in [4.69, 9.17) is 9.72 Å². The normalized spacial score (nSPS) is 10.7. The lowest BCUT2D eigenvalue weighted by Crippen LogP contribution is -1.91. The first-order valence-corrected chi connectivity index (χ1v) is 9.40. The second-order valence-electron chi connectivity index (χ2n) is 6.19. The molecule has 2 aromatic carbocycles. The molecule has 1 aromatic heterocycles. The summed E-state index contributed by atoms with van der Waals surface area (Å²) >= 11 is 1.74. The van der Waals surface area contributed by atoms with Gasteiger partial charge in [-0.05, 0) is 61.7 Å². The molecule has 0 atom stereocenters. The number of nitrogens with zero attached hydrogens (tertiary/aromatic N) is 1. The molecule has 4 heteroatoms. The highest BCUT2D eigenvalue weighted by atomic mass is 32.1. The maximum Gasteiger partial charge on any atom is 0.187 e. The van der Waals surface area contributed by atoms with E-state index >= 15 is 0 Å². The minimum absolute atomic E-state index is 0.854. The molecular weight excluding hydrogens is 328 g/mol. The predicted octanol–water partition coefficient (Wildman–Crippen LogP) is 6.13. The second-order valence-corrected chi connectivity index (χ2v) is 7.28. The molecule has 25 heavy (non-hydrogen) atoms. The van der Waals surface area contributed by atoms with Gasteiger partial charge in [0.25, 0.3) is 0 Å². The van der Waals surface area contributed by atoms with Crippen molar-refractivity contribution in [3.05, 3.63) is 58.5 Å². The summed E-state index contributed by atoms with van der Waals surface area (Å²) in [5.74, 6) is 0.854. The molecule has 0 aliphatic rings. The SMILES string of the molecule is CCCc1sc(Nc2ccc(OC)cc2)nc1-c1ccc(C)c(C)c1. The molecule has 3 aromatic rings. The molecule has 3 nitrogen and oxygen atoms in total. The third-order valence-electron chi connectivity index (χ3n) is 4.30. The van der Waals surface area contributed by atoms with Crippen molar-refractivity contribution >= 4 is 22.2 Å². The first kappa shape index (κ1) is 17.5. The van der Waals surface area contributed by atoms with Crippen molar-refractivity contribution in [3.63, 3.8) is 0 Å². The summed E-state index contributed by atoms with van der Waals surface area (Å²) in [5.41, 5.74) is 5.94. The van der Waals surface area contributed by atoms with Gasteiger partial charge in [-0.3, -0.25) is 0 Å². The third kappa shape index (κ3) is 4.02. The van der Waals surface area contributed by atoms with Gasteiger partial charge in [0.15, 0.2) is 5.13 Å². The van der Waals surface area contributed by atoms with Crippen LogP contribution in [0.1, 0.15) is 29.3 Å². The van der Waals surface area contributed by atoms with Crippen LogP contribution >= 0.6 is 11.3 Å². The molecule has 0 fully saturated rings. The number of rotatable bonds is 6. The van der Waals surface area contributed by atoms with E-state index in [9.17, 15) is 0 Å². The van der Waals surface area contributed by atoms with Crippen LogP contribution in [0, 0.1) is 13.8 Å². The highest BCUT2D eigenvalue weighted by Gasteiger charge is 2.13. The van der Waals surface area contributed by atoms with E-state index in [1.807, 2.05) is 24.3 Å². The number of methoxy groups -OCH3 is 1. The average molecular weight is 353 g/mol. The van der Waals surface area contributed by atoms with Crippen LogP contribution in [0.2, 0.25) is 0 Å². The predicted molar refractivity (Wildman–Crippen MR) is 107 cm³/mol. The monoisotopic (exact) mass is 352 g/mol. The first-order chi connectivity index (χ1) is 12.1. The Balaban J connectivity index is 1.91. The van der Waals surface area contributed by atoms with Gasteiger partial charge in [-0.1, -0.05) is 25.5 Å². The Morgan fingerprint density at radius 2 is 1.80 bits per heavy atom. The zero-order valence-corrected chi connectivity index (χ0v) is 16.0. The fourth-order valence-corrected chi connectivity index (χ4v) is 3.82. The second kappa shape index (κ2) is 7.70. The summed E-state index contributed by atoms with van der Waals surface area (Å²) in [6, 6.07) is 14.5. The van der Waals surface area contributed by atoms with Crippen LogP contribution in [0.25, 0.3) is 11.3 Å². The lowest BCUT2D eigenvalue weighted by atomic mass is 10.0. The number of benzene rings is 2. The van der Waals surface area contributed by atoms with E-state index in [0.717, 1.165) is 35.1 Å².